The van der Waals surface area contributed by atoms with Crippen LogP contribution in [0.2, 0.25) is 0 Å². The van der Waals surface area contributed by atoms with Crippen molar-refractivity contribution in [1.29, 1.82) is 0 Å². The Morgan fingerprint density at radius 2 is 2.25 bits per heavy atom. The predicted octanol–water partition coefficient (Wildman–Crippen LogP) is 2.23. The van der Waals surface area contributed by atoms with Gasteiger partial charge in [0.25, 0.3) is 0 Å². The van der Waals surface area contributed by atoms with Gasteiger partial charge in [0.05, 0.1) is 17.1 Å². The van der Waals surface area contributed by atoms with Gasteiger partial charge in [-0.15, -0.1) is 5.10 Å². The fraction of sp³-hybridized carbons (Fsp3) is 0.385. The molecule has 7 heteroatoms. The van der Waals surface area contributed by atoms with E-state index in [-0.39, 0.29) is 6.04 Å². The average molecular weight is 271 g/mol. The smallest absolute Gasteiger partial charge is 0.137 e. The summed E-state index contributed by atoms with van der Waals surface area (Å²) in [7, 11) is 0. The molecular formula is C13H17N7. The van der Waals surface area contributed by atoms with Crippen LogP contribution in [0.25, 0.3) is 22.3 Å². The van der Waals surface area contributed by atoms with Crippen LogP contribution >= 0.6 is 0 Å². The van der Waals surface area contributed by atoms with Crippen molar-refractivity contribution in [1.82, 2.24) is 30.2 Å². The van der Waals surface area contributed by atoms with Crippen molar-refractivity contribution < 1.29 is 0 Å². The van der Waals surface area contributed by atoms with Gasteiger partial charge in [-0.25, -0.2) is 9.67 Å². The Labute approximate surface area is 116 Å². The van der Waals surface area contributed by atoms with Crippen molar-refractivity contribution >= 4 is 16.7 Å². The van der Waals surface area contributed by atoms with Crippen LogP contribution < -0.4 is 5.32 Å². The monoisotopic (exact) mass is 271 g/mol. The molecule has 2 N–H and O–H groups in total. The Balaban J connectivity index is 2.15. The number of pyridine rings is 1. The number of hydrogen-bond donors (Lipinski definition) is 2. The summed E-state index contributed by atoms with van der Waals surface area (Å²) in [5.41, 5.74) is 2.46. The van der Waals surface area contributed by atoms with Crippen LogP contribution in [-0.2, 0) is 0 Å². The van der Waals surface area contributed by atoms with Gasteiger partial charge in [-0.05, 0) is 26.8 Å². The van der Waals surface area contributed by atoms with Gasteiger partial charge in [0.1, 0.15) is 17.2 Å². The van der Waals surface area contributed by atoms with E-state index in [1.165, 1.54) is 0 Å². The normalized spacial score (nSPS) is 11.4. The maximum atomic E-state index is 4.37. The lowest BCUT2D eigenvalue weighted by Crippen LogP contribution is -2.00. The molecule has 0 radical (unpaired) electrons. The molecule has 20 heavy (non-hydrogen) atoms. The van der Waals surface area contributed by atoms with E-state index in [0.29, 0.717) is 0 Å². The van der Waals surface area contributed by atoms with E-state index in [4.69, 9.17) is 0 Å². The standard InChI is InChI=1S/C13H17N7/c1-4-14-13-11-9(5-6-15-13)16-18-12(11)10-7-20(8(2)3)19-17-10/h5-8H,4H2,1-3H3,(H,14,15)(H,16,18). The molecule has 3 aromatic heterocycles. The van der Waals surface area contributed by atoms with Crippen molar-refractivity contribution in [3.63, 3.8) is 0 Å². The number of hydrogen-bond acceptors (Lipinski definition) is 5. The number of aromatic nitrogens is 6. The highest BCUT2D eigenvalue weighted by atomic mass is 15.4. The summed E-state index contributed by atoms with van der Waals surface area (Å²) in [5.74, 6) is 0.813. The van der Waals surface area contributed by atoms with E-state index in [1.54, 1.807) is 6.20 Å². The minimum atomic E-state index is 0.271. The van der Waals surface area contributed by atoms with E-state index < -0.39 is 0 Å². The lowest BCUT2D eigenvalue weighted by molar-refractivity contribution is 0.514. The summed E-state index contributed by atoms with van der Waals surface area (Å²) in [6.07, 6.45) is 3.66. The second kappa shape index (κ2) is 4.92. The lowest BCUT2D eigenvalue weighted by Gasteiger charge is -2.03. The van der Waals surface area contributed by atoms with Crippen molar-refractivity contribution in [3.05, 3.63) is 18.5 Å². The molecule has 0 spiro atoms. The predicted molar refractivity (Wildman–Crippen MR) is 77.5 cm³/mol. The Bertz CT molecular complexity index is 725. The van der Waals surface area contributed by atoms with Gasteiger partial charge in [-0.2, -0.15) is 5.10 Å². The number of anilines is 1. The van der Waals surface area contributed by atoms with Crippen molar-refractivity contribution in [2.24, 2.45) is 0 Å². The molecule has 0 amide bonds. The molecule has 7 nitrogen and oxygen atoms in total. The zero-order valence-corrected chi connectivity index (χ0v) is 11.8. The van der Waals surface area contributed by atoms with Gasteiger partial charge in [0.15, 0.2) is 0 Å². The second-order valence-electron chi connectivity index (χ2n) is 4.86. The van der Waals surface area contributed by atoms with Gasteiger partial charge in [-0.3, -0.25) is 5.10 Å². The molecule has 3 rings (SSSR count). The largest absolute Gasteiger partial charge is 0.370 e. The zero-order valence-electron chi connectivity index (χ0n) is 11.8. The Kier molecular flexibility index (Phi) is 3.09. The molecule has 0 aliphatic heterocycles. The lowest BCUT2D eigenvalue weighted by atomic mass is 10.2. The number of rotatable bonds is 4. The first kappa shape index (κ1) is 12.6. The average Bonchev–Trinajstić information content (AvgIpc) is 3.05. The minimum absolute atomic E-state index is 0.271. The van der Waals surface area contributed by atoms with E-state index >= 15 is 0 Å². The number of nitrogens with zero attached hydrogens (tertiary/aromatic N) is 5. The molecule has 0 aliphatic carbocycles. The number of nitrogens with one attached hydrogen (secondary N) is 2. The maximum Gasteiger partial charge on any atom is 0.137 e. The summed E-state index contributed by atoms with van der Waals surface area (Å²) in [5, 5.41) is 19.9. The van der Waals surface area contributed by atoms with E-state index in [1.807, 2.05) is 23.9 Å². The molecule has 0 saturated carbocycles. The van der Waals surface area contributed by atoms with Crippen LogP contribution in [0.5, 0.6) is 0 Å². The SMILES string of the molecule is CCNc1nccc2[nH]nc(-c3cn(C(C)C)nn3)c12. The van der Waals surface area contributed by atoms with Crippen LogP contribution in [-0.4, -0.2) is 36.7 Å². The second-order valence-corrected chi connectivity index (χ2v) is 4.86. The fourth-order valence-electron chi connectivity index (χ4n) is 2.09. The topological polar surface area (TPSA) is 84.3 Å². The van der Waals surface area contributed by atoms with Crippen molar-refractivity contribution in [3.8, 4) is 11.4 Å². The third-order valence-electron chi connectivity index (χ3n) is 3.10. The number of fused-ring (bicyclic) bond motifs is 1. The van der Waals surface area contributed by atoms with Gasteiger partial charge in [-0.1, -0.05) is 5.21 Å². The van der Waals surface area contributed by atoms with Crippen LogP contribution in [0.4, 0.5) is 5.82 Å². The molecule has 3 heterocycles. The molecule has 104 valence electrons. The molecule has 0 atom stereocenters. The third kappa shape index (κ3) is 2.01. The molecular weight excluding hydrogens is 254 g/mol. The number of H-pyrrole nitrogens is 1. The van der Waals surface area contributed by atoms with Crippen molar-refractivity contribution in [2.75, 3.05) is 11.9 Å². The first-order valence-electron chi connectivity index (χ1n) is 6.70. The maximum absolute atomic E-state index is 4.37. The summed E-state index contributed by atoms with van der Waals surface area (Å²) in [4.78, 5) is 4.37. The highest BCUT2D eigenvalue weighted by Crippen LogP contribution is 2.29. The third-order valence-corrected chi connectivity index (χ3v) is 3.10. The molecule has 0 unspecified atom stereocenters. The molecule has 3 aromatic rings. The Hall–Kier alpha value is -2.44. The van der Waals surface area contributed by atoms with E-state index in [9.17, 15) is 0 Å². The van der Waals surface area contributed by atoms with Gasteiger partial charge >= 0.3 is 0 Å². The highest BCUT2D eigenvalue weighted by Gasteiger charge is 2.16. The fourth-order valence-corrected chi connectivity index (χ4v) is 2.09. The van der Waals surface area contributed by atoms with Crippen LogP contribution in [0.3, 0.4) is 0 Å². The summed E-state index contributed by atoms with van der Waals surface area (Å²) >= 11 is 0. The van der Waals surface area contributed by atoms with E-state index in [0.717, 1.165) is 34.7 Å². The van der Waals surface area contributed by atoms with Gasteiger partial charge < -0.3 is 5.32 Å². The van der Waals surface area contributed by atoms with Crippen LogP contribution in [0.15, 0.2) is 18.5 Å². The Morgan fingerprint density at radius 3 is 2.95 bits per heavy atom. The first-order chi connectivity index (χ1) is 9.70. The Morgan fingerprint density at radius 1 is 1.40 bits per heavy atom. The summed E-state index contributed by atoms with van der Waals surface area (Å²) in [6.45, 7) is 6.96. The quantitative estimate of drug-likeness (QED) is 0.760. The van der Waals surface area contributed by atoms with Crippen LogP contribution in [0.1, 0.15) is 26.8 Å². The summed E-state index contributed by atoms with van der Waals surface area (Å²) in [6, 6.07) is 2.17. The van der Waals surface area contributed by atoms with Gasteiger partial charge in [0.2, 0.25) is 0 Å². The minimum Gasteiger partial charge on any atom is -0.370 e. The first-order valence-corrected chi connectivity index (χ1v) is 6.70. The summed E-state index contributed by atoms with van der Waals surface area (Å²) < 4.78 is 1.82. The zero-order chi connectivity index (χ0) is 14.1. The van der Waals surface area contributed by atoms with Crippen molar-refractivity contribution in [2.45, 2.75) is 26.8 Å². The van der Waals surface area contributed by atoms with E-state index in [2.05, 4.69) is 44.7 Å². The highest BCUT2D eigenvalue weighted by molar-refractivity contribution is 5.99. The van der Waals surface area contributed by atoms with Crippen LogP contribution in [0, 0.1) is 0 Å². The molecule has 0 fully saturated rings. The molecule has 0 bridgehead atoms. The van der Waals surface area contributed by atoms with Gasteiger partial charge in [0, 0.05) is 18.8 Å². The molecule has 0 aliphatic rings. The molecule has 0 aromatic carbocycles. The number of aromatic amines is 1. The molecule has 0 saturated heterocycles.